The molecule has 1 aliphatic rings. The van der Waals surface area contributed by atoms with Gasteiger partial charge in [-0.05, 0) is 6.07 Å². The SMILES string of the molecule is Cl[Si](Cl)(Cl)C1=Cc2ccccc2O[Si]1(Cl)Cl. The van der Waals surface area contributed by atoms with Crippen LogP contribution in [-0.2, 0) is 0 Å². The fraction of sp³-hybridized carbons (Fsp3) is 0. The maximum atomic E-state index is 6.15. The first-order chi connectivity index (χ1) is 7.31. The maximum Gasteiger partial charge on any atom is 0.479 e. The normalized spacial score (nSPS) is 18.4. The predicted octanol–water partition coefficient (Wildman–Crippen LogP) is 4.61. The second kappa shape index (κ2) is 4.39. The summed E-state index contributed by atoms with van der Waals surface area (Å²) in [6.07, 6.45) is 1.74. The molecule has 1 aliphatic heterocycles. The molecule has 0 aromatic heterocycles. The Kier molecular flexibility index (Phi) is 3.59. The zero-order valence-corrected chi connectivity index (χ0v) is 13.5. The van der Waals surface area contributed by atoms with Gasteiger partial charge in [-0.25, -0.2) is 0 Å². The average molecular weight is 351 g/mol. The van der Waals surface area contributed by atoms with Crippen molar-refractivity contribution in [3.05, 3.63) is 34.6 Å². The highest BCUT2D eigenvalue weighted by Gasteiger charge is 2.52. The molecule has 0 fully saturated rings. The summed E-state index contributed by atoms with van der Waals surface area (Å²) in [5.74, 6) is 0.631. The predicted molar refractivity (Wildman–Crippen MR) is 75.8 cm³/mol. The third-order valence-corrected chi connectivity index (χ3v) is 12.2. The molecule has 1 heterocycles. The van der Waals surface area contributed by atoms with Gasteiger partial charge in [0.05, 0.1) is 0 Å². The molecule has 2 rings (SSSR count). The van der Waals surface area contributed by atoms with E-state index in [4.69, 9.17) is 59.8 Å². The fourth-order valence-corrected chi connectivity index (χ4v) is 14.1. The first-order valence-electron chi connectivity index (χ1n) is 4.26. The van der Waals surface area contributed by atoms with Crippen LogP contribution < -0.4 is 4.43 Å². The maximum absolute atomic E-state index is 6.15. The highest BCUT2D eigenvalue weighted by Crippen LogP contribution is 2.45. The van der Waals surface area contributed by atoms with Crippen molar-refractivity contribution in [2.75, 3.05) is 0 Å². The van der Waals surface area contributed by atoms with Crippen molar-refractivity contribution >= 4 is 74.4 Å². The third-order valence-electron chi connectivity index (χ3n) is 2.08. The van der Waals surface area contributed by atoms with E-state index < -0.39 is 12.9 Å². The molecule has 0 amide bonds. The van der Waals surface area contributed by atoms with Gasteiger partial charge in [0.2, 0.25) is 0 Å². The molecule has 0 unspecified atom stereocenters. The molecule has 0 atom stereocenters. The largest absolute Gasteiger partial charge is 0.515 e. The van der Waals surface area contributed by atoms with Crippen molar-refractivity contribution in [3.63, 3.8) is 0 Å². The van der Waals surface area contributed by atoms with Crippen LogP contribution in [0.2, 0.25) is 0 Å². The monoisotopic (exact) mass is 348 g/mol. The molecule has 0 N–H and O–H groups in total. The van der Waals surface area contributed by atoms with Crippen LogP contribution in [0.25, 0.3) is 6.08 Å². The lowest BCUT2D eigenvalue weighted by atomic mass is 10.2. The van der Waals surface area contributed by atoms with Gasteiger partial charge in [0, 0.05) is 10.4 Å². The Morgan fingerprint density at radius 1 is 1.06 bits per heavy atom. The third kappa shape index (κ3) is 2.56. The summed E-state index contributed by atoms with van der Waals surface area (Å²) in [6, 6.07) is 4.24. The Labute approximate surface area is 119 Å². The minimum Gasteiger partial charge on any atom is -0.515 e. The topological polar surface area (TPSA) is 9.23 Å². The number of benzene rings is 1. The Bertz CT molecular complexity index is 454. The number of rotatable bonds is 1. The Hall–Kier alpha value is 0.644. The van der Waals surface area contributed by atoms with Crippen LogP contribution in [0.3, 0.4) is 0 Å². The van der Waals surface area contributed by atoms with Gasteiger partial charge in [-0.3, -0.25) is 0 Å². The van der Waals surface area contributed by atoms with Gasteiger partial charge in [0.1, 0.15) is 5.75 Å². The number of para-hydroxylation sites is 1. The van der Waals surface area contributed by atoms with E-state index in [2.05, 4.69) is 0 Å². The zero-order valence-electron chi connectivity index (χ0n) is 7.68. The minimum absolute atomic E-state index is 0.451. The number of hydrogen-bond acceptors (Lipinski definition) is 1. The van der Waals surface area contributed by atoms with E-state index in [9.17, 15) is 0 Å². The Morgan fingerprint density at radius 2 is 1.69 bits per heavy atom. The van der Waals surface area contributed by atoms with Crippen molar-refractivity contribution in [1.29, 1.82) is 0 Å². The standard InChI is InChI=1S/C8H5Cl5OSi2/c9-15(10,11)8-5-6-3-1-2-4-7(6)14-16(8,12)13/h1-5H. The summed E-state index contributed by atoms with van der Waals surface area (Å²) in [5.41, 5.74) is 0.834. The van der Waals surface area contributed by atoms with Gasteiger partial charge in [-0.15, -0.1) is 33.2 Å². The molecule has 0 saturated carbocycles. The van der Waals surface area contributed by atoms with Crippen molar-refractivity contribution in [3.8, 4) is 5.75 Å². The second-order valence-electron chi connectivity index (χ2n) is 3.21. The molecule has 8 heteroatoms. The lowest BCUT2D eigenvalue weighted by molar-refractivity contribution is 0.583. The molecule has 1 aromatic rings. The van der Waals surface area contributed by atoms with Crippen LogP contribution in [0.4, 0.5) is 0 Å². The van der Waals surface area contributed by atoms with Gasteiger partial charge in [0.25, 0.3) is 0 Å². The van der Waals surface area contributed by atoms with Gasteiger partial charge in [0.15, 0.2) is 0 Å². The lowest BCUT2D eigenvalue weighted by Gasteiger charge is -2.29. The molecule has 0 aliphatic carbocycles. The average Bonchev–Trinajstić information content (AvgIpc) is 2.13. The van der Waals surface area contributed by atoms with Crippen molar-refractivity contribution in [1.82, 2.24) is 0 Å². The smallest absolute Gasteiger partial charge is 0.479 e. The highest BCUT2D eigenvalue weighted by molar-refractivity contribution is 7.73. The first-order valence-corrected chi connectivity index (χ1v) is 13.2. The summed E-state index contributed by atoms with van der Waals surface area (Å²) < 4.78 is 5.54. The summed E-state index contributed by atoms with van der Waals surface area (Å²) in [4.78, 5) is 0.451. The van der Waals surface area contributed by atoms with Crippen LogP contribution in [0.15, 0.2) is 29.1 Å². The molecule has 86 valence electrons. The quantitative estimate of drug-likeness (QED) is 0.531. The van der Waals surface area contributed by atoms with E-state index in [0.29, 0.717) is 10.6 Å². The molecule has 0 saturated heterocycles. The number of hydrogen-bond donors (Lipinski definition) is 0. The van der Waals surface area contributed by atoms with Gasteiger partial charge in [-0.1, -0.05) is 46.4 Å². The molecule has 0 radical (unpaired) electrons. The summed E-state index contributed by atoms with van der Waals surface area (Å²) in [7, 11) is 0. The minimum atomic E-state index is -3.14. The van der Waals surface area contributed by atoms with Gasteiger partial charge < -0.3 is 4.43 Å². The van der Waals surface area contributed by atoms with E-state index in [1.807, 2.05) is 18.2 Å². The van der Waals surface area contributed by atoms with E-state index in [1.165, 1.54) is 0 Å². The van der Waals surface area contributed by atoms with E-state index >= 15 is 0 Å². The molecular weight excluding hydrogens is 346 g/mol. The highest BCUT2D eigenvalue weighted by atomic mass is 35.8. The fourth-order valence-electron chi connectivity index (χ4n) is 1.37. The summed E-state index contributed by atoms with van der Waals surface area (Å²) >= 11 is 30.1. The number of fused-ring (bicyclic) bond motifs is 1. The van der Waals surface area contributed by atoms with E-state index in [0.717, 1.165) is 5.56 Å². The van der Waals surface area contributed by atoms with Gasteiger partial charge in [-0.2, -0.15) is 0 Å². The molecule has 0 spiro atoms. The second-order valence-corrected chi connectivity index (χ2v) is 17.6. The van der Waals surface area contributed by atoms with Crippen molar-refractivity contribution in [2.24, 2.45) is 0 Å². The van der Waals surface area contributed by atoms with Crippen LogP contribution in [-0.4, -0.2) is 12.9 Å². The molecule has 16 heavy (non-hydrogen) atoms. The van der Waals surface area contributed by atoms with Crippen LogP contribution in [0.5, 0.6) is 5.75 Å². The molecule has 0 bridgehead atoms. The van der Waals surface area contributed by atoms with Gasteiger partial charge >= 0.3 is 12.9 Å². The van der Waals surface area contributed by atoms with Crippen LogP contribution in [0.1, 0.15) is 5.56 Å². The lowest BCUT2D eigenvalue weighted by Crippen LogP contribution is -2.42. The number of halogens is 5. The van der Waals surface area contributed by atoms with Crippen LogP contribution >= 0.6 is 55.4 Å². The van der Waals surface area contributed by atoms with E-state index in [-0.39, 0.29) is 0 Å². The summed E-state index contributed by atoms with van der Waals surface area (Å²) in [6.45, 7) is -3.14. The van der Waals surface area contributed by atoms with E-state index in [1.54, 1.807) is 12.1 Å². The Balaban J connectivity index is 2.56. The van der Waals surface area contributed by atoms with Crippen molar-refractivity contribution < 1.29 is 4.43 Å². The first kappa shape index (κ1) is 13.1. The molecular formula is C8H5Cl5OSi2. The van der Waals surface area contributed by atoms with Crippen LogP contribution in [0, 0.1) is 0 Å². The zero-order chi connectivity index (χ0) is 12.0. The Morgan fingerprint density at radius 3 is 2.31 bits per heavy atom. The van der Waals surface area contributed by atoms with Crippen molar-refractivity contribution in [2.45, 2.75) is 0 Å². The molecule has 1 nitrogen and oxygen atoms in total. The summed E-state index contributed by atoms with van der Waals surface area (Å²) in [5, 5.41) is 0. The molecule has 1 aromatic carbocycles.